The molecule has 0 heterocycles. The maximum absolute atomic E-state index is 12.5. The van der Waals surface area contributed by atoms with Crippen molar-refractivity contribution in [3.63, 3.8) is 0 Å². The number of carbonyl (C=O) groups is 2. The van der Waals surface area contributed by atoms with Gasteiger partial charge in [-0.05, 0) is 42.8 Å². The van der Waals surface area contributed by atoms with Gasteiger partial charge in [0.25, 0.3) is 15.9 Å². The number of carbonyl (C=O) groups excluding carboxylic acids is 2. The highest BCUT2D eigenvalue weighted by Crippen LogP contribution is 2.19. The quantitative estimate of drug-likeness (QED) is 0.316. The minimum absolute atomic E-state index is 0.00714. The predicted molar refractivity (Wildman–Crippen MR) is 92.7 cm³/mol. The Morgan fingerprint density at radius 1 is 1.08 bits per heavy atom. The van der Waals surface area contributed by atoms with Crippen LogP contribution >= 0.6 is 0 Å². The summed E-state index contributed by atoms with van der Waals surface area (Å²) in [5.74, 6) is -0.900. The second-order valence-electron chi connectivity index (χ2n) is 5.12. The number of hydroxylamine groups is 1. The topological polar surface area (TPSA) is 113 Å². The second kappa shape index (κ2) is 7.73. The van der Waals surface area contributed by atoms with E-state index < -0.39 is 15.9 Å². The van der Waals surface area contributed by atoms with Crippen LogP contribution in [0.3, 0.4) is 0 Å². The van der Waals surface area contributed by atoms with Gasteiger partial charge in [0.05, 0.1) is 4.90 Å². The van der Waals surface area contributed by atoms with Gasteiger partial charge in [0.15, 0.2) is 5.78 Å². The van der Waals surface area contributed by atoms with Gasteiger partial charge < -0.3 is 0 Å². The summed E-state index contributed by atoms with van der Waals surface area (Å²) in [7, 11) is -3.87. The Morgan fingerprint density at radius 3 is 2.48 bits per heavy atom. The number of hydrogen-bond donors (Lipinski definition) is 3. The molecule has 0 saturated heterocycles. The average Bonchev–Trinajstić information content (AvgIpc) is 2.59. The molecule has 0 unspecified atom stereocenters. The maximum Gasteiger partial charge on any atom is 0.267 e. The number of ketones is 1. The summed E-state index contributed by atoms with van der Waals surface area (Å²) in [6.07, 6.45) is 2.43. The molecule has 0 bridgehead atoms. The third-order valence-corrected chi connectivity index (χ3v) is 4.61. The fourth-order valence-electron chi connectivity index (χ4n) is 2.01. The molecule has 1 amide bonds. The lowest BCUT2D eigenvalue weighted by Crippen LogP contribution is -2.15. The van der Waals surface area contributed by atoms with Crippen LogP contribution in [0.15, 0.2) is 59.5 Å². The van der Waals surface area contributed by atoms with Gasteiger partial charge in [0.1, 0.15) is 0 Å². The maximum atomic E-state index is 12.5. The van der Waals surface area contributed by atoms with Gasteiger partial charge in [-0.15, -0.1) is 0 Å². The van der Waals surface area contributed by atoms with Crippen molar-refractivity contribution in [2.24, 2.45) is 0 Å². The molecule has 0 aromatic heterocycles. The molecule has 0 fully saturated rings. The Bertz CT molecular complexity index is 936. The SMILES string of the molecule is CC(=O)c1cccc(NS(=O)(=O)c2cccc(/C=C/C(=O)NO)c2)c1. The van der Waals surface area contributed by atoms with Crippen LogP contribution in [-0.4, -0.2) is 25.3 Å². The van der Waals surface area contributed by atoms with Gasteiger partial charge in [-0.1, -0.05) is 24.3 Å². The minimum Gasteiger partial charge on any atom is -0.295 e. The largest absolute Gasteiger partial charge is 0.295 e. The van der Waals surface area contributed by atoms with E-state index >= 15 is 0 Å². The van der Waals surface area contributed by atoms with Gasteiger partial charge in [0.2, 0.25) is 0 Å². The smallest absolute Gasteiger partial charge is 0.267 e. The molecule has 25 heavy (non-hydrogen) atoms. The Kier molecular flexibility index (Phi) is 5.68. The average molecular weight is 360 g/mol. The lowest BCUT2D eigenvalue weighted by molar-refractivity contribution is -0.124. The van der Waals surface area contributed by atoms with Crippen LogP contribution in [-0.2, 0) is 14.8 Å². The zero-order valence-corrected chi connectivity index (χ0v) is 14.1. The van der Waals surface area contributed by atoms with E-state index in [1.54, 1.807) is 24.3 Å². The predicted octanol–water partition coefficient (Wildman–Crippen LogP) is 2.21. The van der Waals surface area contributed by atoms with E-state index in [4.69, 9.17) is 5.21 Å². The van der Waals surface area contributed by atoms with Crippen molar-refractivity contribution in [2.45, 2.75) is 11.8 Å². The molecule has 0 aliphatic rings. The number of sulfonamides is 1. The highest BCUT2D eigenvalue weighted by atomic mass is 32.2. The monoisotopic (exact) mass is 360 g/mol. The van der Waals surface area contributed by atoms with Gasteiger partial charge >= 0.3 is 0 Å². The van der Waals surface area contributed by atoms with Crippen molar-refractivity contribution in [1.29, 1.82) is 0 Å². The first-order chi connectivity index (χ1) is 11.8. The Hall–Kier alpha value is -2.97. The standard InChI is InChI=1S/C17H16N2O5S/c1-12(20)14-5-3-6-15(11-14)19-25(23,24)16-7-2-4-13(10-16)8-9-17(21)18-22/h2-11,19,22H,1H3,(H,18,21)/b9-8+. The number of benzene rings is 2. The van der Waals surface area contributed by atoms with Crippen LogP contribution in [0.25, 0.3) is 6.08 Å². The summed E-state index contributed by atoms with van der Waals surface area (Å²) in [6.45, 7) is 1.39. The number of rotatable bonds is 6. The fraction of sp³-hybridized carbons (Fsp3) is 0.0588. The van der Waals surface area contributed by atoms with Crippen LogP contribution in [0.5, 0.6) is 0 Å². The van der Waals surface area contributed by atoms with Crippen LogP contribution in [0.1, 0.15) is 22.8 Å². The highest BCUT2D eigenvalue weighted by Gasteiger charge is 2.15. The molecule has 8 heteroatoms. The van der Waals surface area contributed by atoms with Crippen LogP contribution in [0, 0.1) is 0 Å². The van der Waals surface area contributed by atoms with Gasteiger partial charge in [-0.2, -0.15) is 0 Å². The zero-order valence-electron chi connectivity index (χ0n) is 13.3. The lowest BCUT2D eigenvalue weighted by Gasteiger charge is -2.09. The number of Topliss-reactive ketones (excluding diaryl/α,β-unsaturated/α-hetero) is 1. The Morgan fingerprint density at radius 2 is 1.80 bits per heavy atom. The lowest BCUT2D eigenvalue weighted by atomic mass is 10.1. The molecule has 0 aliphatic heterocycles. The first-order valence-electron chi connectivity index (χ1n) is 7.18. The summed E-state index contributed by atoms with van der Waals surface area (Å²) in [4.78, 5) is 22.4. The third kappa shape index (κ3) is 5.00. The molecule has 0 saturated carbocycles. The van der Waals surface area contributed by atoms with Gasteiger partial charge in [-0.25, -0.2) is 13.9 Å². The molecule has 0 spiro atoms. The van der Waals surface area contributed by atoms with Crippen molar-refractivity contribution < 1.29 is 23.2 Å². The molecule has 0 atom stereocenters. The summed E-state index contributed by atoms with van der Waals surface area (Å²) >= 11 is 0. The minimum atomic E-state index is -3.87. The van der Waals surface area contributed by atoms with E-state index in [0.29, 0.717) is 11.1 Å². The fourth-order valence-corrected chi connectivity index (χ4v) is 3.11. The summed E-state index contributed by atoms with van der Waals surface area (Å²) < 4.78 is 27.4. The summed E-state index contributed by atoms with van der Waals surface area (Å²) in [6, 6.07) is 12.1. The molecular formula is C17H16N2O5S. The molecule has 2 rings (SSSR count). The molecule has 7 nitrogen and oxygen atoms in total. The van der Waals surface area contributed by atoms with Crippen molar-refractivity contribution in [2.75, 3.05) is 4.72 Å². The van der Waals surface area contributed by atoms with E-state index in [1.165, 1.54) is 42.7 Å². The Balaban J connectivity index is 2.28. The van der Waals surface area contributed by atoms with Crippen LogP contribution < -0.4 is 10.2 Å². The van der Waals surface area contributed by atoms with E-state index in [2.05, 4.69) is 4.72 Å². The van der Waals surface area contributed by atoms with E-state index in [9.17, 15) is 18.0 Å². The second-order valence-corrected chi connectivity index (χ2v) is 6.81. The molecule has 2 aromatic carbocycles. The van der Waals surface area contributed by atoms with Crippen molar-refractivity contribution in [3.05, 3.63) is 65.7 Å². The van der Waals surface area contributed by atoms with Crippen LogP contribution in [0.4, 0.5) is 5.69 Å². The number of hydrogen-bond acceptors (Lipinski definition) is 5. The first kappa shape index (κ1) is 18.4. The van der Waals surface area contributed by atoms with Gasteiger partial charge in [0, 0.05) is 17.3 Å². The summed E-state index contributed by atoms with van der Waals surface area (Å²) in [5.41, 5.74) is 2.57. The Labute approximate surface area is 145 Å². The van der Waals surface area contributed by atoms with Crippen molar-refractivity contribution >= 4 is 33.5 Å². The number of amides is 1. The van der Waals surface area contributed by atoms with Gasteiger partial charge in [-0.3, -0.25) is 19.5 Å². The first-order valence-corrected chi connectivity index (χ1v) is 8.66. The van der Waals surface area contributed by atoms with Crippen LogP contribution in [0.2, 0.25) is 0 Å². The van der Waals surface area contributed by atoms with Crippen molar-refractivity contribution in [1.82, 2.24) is 5.48 Å². The number of nitrogens with one attached hydrogen (secondary N) is 2. The molecule has 130 valence electrons. The number of anilines is 1. The highest BCUT2D eigenvalue weighted by molar-refractivity contribution is 7.92. The normalized spacial score (nSPS) is 11.3. The van der Waals surface area contributed by atoms with E-state index in [1.807, 2.05) is 0 Å². The molecule has 3 N–H and O–H groups in total. The molecule has 0 aliphatic carbocycles. The van der Waals surface area contributed by atoms with E-state index in [0.717, 1.165) is 6.08 Å². The van der Waals surface area contributed by atoms with E-state index in [-0.39, 0.29) is 16.4 Å². The summed E-state index contributed by atoms with van der Waals surface area (Å²) in [5, 5.41) is 8.44. The molecular weight excluding hydrogens is 344 g/mol. The van der Waals surface area contributed by atoms with Crippen molar-refractivity contribution in [3.8, 4) is 0 Å². The zero-order chi connectivity index (χ0) is 18.4. The molecule has 0 radical (unpaired) electrons. The third-order valence-electron chi connectivity index (χ3n) is 3.23. The molecule has 2 aromatic rings.